The smallest absolute Gasteiger partial charge is 0.234 e. The molecule has 0 bridgehead atoms. The molecular formula is C21H17N7. The first-order chi connectivity index (χ1) is 13.8. The molecule has 0 saturated carbocycles. The van der Waals surface area contributed by atoms with Gasteiger partial charge in [0.25, 0.3) is 0 Å². The third kappa shape index (κ3) is 2.43. The van der Waals surface area contributed by atoms with Gasteiger partial charge in [-0.3, -0.25) is 4.40 Å². The summed E-state index contributed by atoms with van der Waals surface area (Å²) in [6, 6.07) is 14.0. The Balaban J connectivity index is 1.93. The van der Waals surface area contributed by atoms with Crippen molar-refractivity contribution < 1.29 is 0 Å². The van der Waals surface area contributed by atoms with Gasteiger partial charge >= 0.3 is 0 Å². The fourth-order valence-corrected chi connectivity index (χ4v) is 3.81. The third-order valence-corrected chi connectivity index (χ3v) is 5.05. The van der Waals surface area contributed by atoms with E-state index in [0.717, 1.165) is 46.7 Å². The second kappa shape index (κ2) is 6.44. The van der Waals surface area contributed by atoms with Crippen LogP contribution >= 0.6 is 0 Å². The molecule has 3 N–H and O–H groups in total. The molecule has 0 saturated heterocycles. The van der Waals surface area contributed by atoms with E-state index >= 15 is 0 Å². The molecular weight excluding hydrogens is 350 g/mol. The van der Waals surface area contributed by atoms with Crippen LogP contribution in [0.15, 0.2) is 48.8 Å². The molecule has 1 aliphatic heterocycles. The monoisotopic (exact) mass is 367 g/mol. The van der Waals surface area contributed by atoms with Crippen LogP contribution in [0.4, 0.5) is 5.82 Å². The molecule has 1 aromatic carbocycles. The number of nitrogens with zero attached hydrogens (tertiary/aromatic N) is 5. The molecule has 0 unspecified atom stereocenters. The maximum absolute atomic E-state index is 9.90. The highest BCUT2D eigenvalue weighted by molar-refractivity contribution is 5.88. The van der Waals surface area contributed by atoms with Gasteiger partial charge < -0.3 is 11.1 Å². The second-order valence-electron chi connectivity index (χ2n) is 6.68. The van der Waals surface area contributed by atoms with Crippen molar-refractivity contribution in [3.63, 3.8) is 0 Å². The van der Waals surface area contributed by atoms with E-state index < -0.39 is 0 Å². The number of benzene rings is 1. The van der Waals surface area contributed by atoms with E-state index in [9.17, 15) is 5.26 Å². The van der Waals surface area contributed by atoms with Crippen LogP contribution < -0.4 is 11.1 Å². The summed E-state index contributed by atoms with van der Waals surface area (Å²) in [7, 11) is 0. The maximum Gasteiger partial charge on any atom is 0.234 e. The summed E-state index contributed by atoms with van der Waals surface area (Å²) in [5.74, 6) is 0.837. The number of anilines is 1. The van der Waals surface area contributed by atoms with E-state index in [0.29, 0.717) is 17.9 Å². The van der Waals surface area contributed by atoms with E-state index in [2.05, 4.69) is 21.4 Å². The van der Waals surface area contributed by atoms with Crippen LogP contribution in [-0.4, -0.2) is 25.9 Å². The van der Waals surface area contributed by atoms with Gasteiger partial charge in [0.1, 0.15) is 17.5 Å². The molecule has 0 aliphatic carbocycles. The average Bonchev–Trinajstić information content (AvgIpc) is 3.12. The zero-order valence-electron chi connectivity index (χ0n) is 15.1. The number of nitrogens with two attached hydrogens (primary N) is 1. The summed E-state index contributed by atoms with van der Waals surface area (Å²) in [4.78, 5) is 13.7. The van der Waals surface area contributed by atoms with E-state index in [1.807, 2.05) is 47.0 Å². The highest BCUT2D eigenvalue weighted by Crippen LogP contribution is 2.39. The van der Waals surface area contributed by atoms with Crippen molar-refractivity contribution in [1.82, 2.24) is 24.7 Å². The van der Waals surface area contributed by atoms with Crippen LogP contribution in [0.3, 0.4) is 0 Å². The van der Waals surface area contributed by atoms with Crippen LogP contribution in [0.25, 0.3) is 28.3 Å². The van der Waals surface area contributed by atoms with E-state index in [4.69, 9.17) is 10.7 Å². The molecule has 0 radical (unpaired) electrons. The zero-order chi connectivity index (χ0) is 19.1. The van der Waals surface area contributed by atoms with Gasteiger partial charge in [-0.15, -0.1) is 0 Å². The predicted molar refractivity (Wildman–Crippen MR) is 106 cm³/mol. The molecule has 0 atom stereocenters. The highest BCUT2D eigenvalue weighted by atomic mass is 15.1. The Morgan fingerprint density at radius 2 is 2.00 bits per heavy atom. The topological polar surface area (TPSA) is 105 Å². The van der Waals surface area contributed by atoms with Crippen molar-refractivity contribution in [3.8, 4) is 28.6 Å². The zero-order valence-corrected chi connectivity index (χ0v) is 15.1. The van der Waals surface area contributed by atoms with E-state index in [1.54, 1.807) is 6.20 Å². The summed E-state index contributed by atoms with van der Waals surface area (Å²) >= 11 is 0. The fourth-order valence-electron chi connectivity index (χ4n) is 3.81. The number of fused-ring (bicyclic) bond motifs is 2. The number of rotatable bonds is 2. The Morgan fingerprint density at radius 3 is 2.82 bits per heavy atom. The molecule has 5 rings (SSSR count). The fraction of sp³-hybridized carbons (Fsp3) is 0.143. The van der Waals surface area contributed by atoms with Crippen molar-refractivity contribution >= 4 is 11.6 Å². The molecule has 7 nitrogen and oxygen atoms in total. The van der Waals surface area contributed by atoms with Gasteiger partial charge in [0, 0.05) is 48.7 Å². The van der Waals surface area contributed by atoms with Gasteiger partial charge in [0.2, 0.25) is 5.78 Å². The van der Waals surface area contributed by atoms with Gasteiger partial charge in [-0.2, -0.15) is 5.26 Å². The number of imidazole rings is 1. The van der Waals surface area contributed by atoms with Crippen LogP contribution in [0.5, 0.6) is 0 Å². The minimum atomic E-state index is 0.260. The average molecular weight is 367 g/mol. The van der Waals surface area contributed by atoms with Crippen molar-refractivity contribution in [2.24, 2.45) is 0 Å². The van der Waals surface area contributed by atoms with Crippen LogP contribution in [0.1, 0.15) is 16.8 Å². The Labute approximate surface area is 161 Å². The van der Waals surface area contributed by atoms with Gasteiger partial charge in [-0.05, 0) is 11.6 Å². The SMILES string of the molecule is N#Cc1c(N)nc2c(c1-c1c(-c3ccccc3)nc3ncccn13)CNCC2. The van der Waals surface area contributed by atoms with Crippen molar-refractivity contribution in [2.45, 2.75) is 13.0 Å². The number of hydrogen-bond acceptors (Lipinski definition) is 6. The van der Waals surface area contributed by atoms with Crippen molar-refractivity contribution in [3.05, 3.63) is 65.6 Å². The lowest BCUT2D eigenvalue weighted by Crippen LogP contribution is -2.26. The van der Waals surface area contributed by atoms with E-state index in [1.165, 1.54) is 0 Å². The largest absolute Gasteiger partial charge is 0.383 e. The number of nitriles is 1. The molecule has 28 heavy (non-hydrogen) atoms. The van der Waals surface area contributed by atoms with Gasteiger partial charge in [0.05, 0.1) is 11.4 Å². The third-order valence-electron chi connectivity index (χ3n) is 5.05. The first-order valence-electron chi connectivity index (χ1n) is 9.09. The molecule has 0 fully saturated rings. The van der Waals surface area contributed by atoms with Crippen molar-refractivity contribution in [1.29, 1.82) is 5.26 Å². The molecule has 3 aromatic heterocycles. The van der Waals surface area contributed by atoms with E-state index in [-0.39, 0.29) is 5.82 Å². The molecule has 136 valence electrons. The van der Waals surface area contributed by atoms with Gasteiger partial charge in [-0.1, -0.05) is 30.3 Å². The quantitative estimate of drug-likeness (QED) is 0.564. The molecule has 0 spiro atoms. The summed E-state index contributed by atoms with van der Waals surface area (Å²) in [6.07, 6.45) is 4.40. The highest BCUT2D eigenvalue weighted by Gasteiger charge is 2.27. The molecule has 4 aromatic rings. The van der Waals surface area contributed by atoms with Crippen LogP contribution in [-0.2, 0) is 13.0 Å². The molecule has 7 heteroatoms. The lowest BCUT2D eigenvalue weighted by Gasteiger charge is -2.22. The predicted octanol–water partition coefficient (Wildman–Crippen LogP) is 2.56. The summed E-state index contributed by atoms with van der Waals surface area (Å²) in [6.45, 7) is 1.47. The normalized spacial score (nSPS) is 13.2. The Bertz CT molecular complexity index is 1240. The lowest BCUT2D eigenvalue weighted by atomic mass is 9.92. The van der Waals surface area contributed by atoms with Crippen molar-refractivity contribution in [2.75, 3.05) is 12.3 Å². The summed E-state index contributed by atoms with van der Waals surface area (Å²) in [5, 5.41) is 13.3. The molecule has 0 amide bonds. The molecule has 1 aliphatic rings. The Hall–Kier alpha value is -3.76. The molecule has 4 heterocycles. The van der Waals surface area contributed by atoms with Crippen LogP contribution in [0, 0.1) is 11.3 Å². The number of nitrogens with one attached hydrogen (secondary N) is 1. The summed E-state index contributed by atoms with van der Waals surface area (Å²) < 4.78 is 1.92. The Morgan fingerprint density at radius 1 is 1.14 bits per heavy atom. The standard InChI is InChI=1S/C21H17N7/c22-11-14-17(15-12-24-9-7-16(15)26-20(14)23)19-18(13-5-2-1-3-6-13)27-21-25-8-4-10-28(19)21/h1-6,8,10,24H,7,9,12H2,(H2,23,26). The number of hydrogen-bond donors (Lipinski definition) is 2. The maximum atomic E-state index is 9.90. The van der Waals surface area contributed by atoms with Gasteiger partial charge in [0.15, 0.2) is 0 Å². The first kappa shape index (κ1) is 16.4. The lowest BCUT2D eigenvalue weighted by molar-refractivity contribution is 0.632. The number of pyridine rings is 1. The number of nitrogen functional groups attached to an aromatic ring is 1. The summed E-state index contributed by atoms with van der Waals surface area (Å²) in [5.41, 5.74) is 11.8. The Kier molecular flexibility index (Phi) is 3.78. The number of aromatic nitrogens is 4. The first-order valence-corrected chi connectivity index (χ1v) is 9.09. The van der Waals surface area contributed by atoms with Crippen LogP contribution in [0.2, 0.25) is 0 Å². The minimum Gasteiger partial charge on any atom is -0.383 e. The van der Waals surface area contributed by atoms with Gasteiger partial charge in [-0.25, -0.2) is 15.0 Å². The second-order valence-corrected chi connectivity index (χ2v) is 6.68. The minimum absolute atomic E-state index is 0.260.